The smallest absolute Gasteiger partial charge is 0.0495 e. The molecule has 0 aromatic rings. The summed E-state index contributed by atoms with van der Waals surface area (Å²) in [6.45, 7) is 7.94. The van der Waals surface area contributed by atoms with E-state index in [1.165, 1.54) is 0 Å². The molecule has 4 atom stereocenters. The van der Waals surface area contributed by atoms with Gasteiger partial charge in [0.15, 0.2) is 0 Å². The predicted molar refractivity (Wildman–Crippen MR) is 42.9 cm³/mol. The Morgan fingerprint density at radius 2 is 1.50 bits per heavy atom. The van der Waals surface area contributed by atoms with Gasteiger partial charge in [0.05, 0.1) is 0 Å². The van der Waals surface area contributed by atoms with Gasteiger partial charge in [0.2, 0.25) is 0 Å². The van der Waals surface area contributed by atoms with Gasteiger partial charge in [-0.05, 0) is 23.7 Å². The van der Waals surface area contributed by atoms with E-state index in [1.54, 1.807) is 7.11 Å². The van der Waals surface area contributed by atoms with Gasteiger partial charge in [0.1, 0.15) is 0 Å². The molecule has 1 fully saturated rings. The number of rotatable bonds is 2. The molecule has 0 aliphatic heterocycles. The Hall–Kier alpha value is -0.0400. The molecule has 10 heavy (non-hydrogen) atoms. The summed E-state index contributed by atoms with van der Waals surface area (Å²) in [7, 11) is 1.79. The van der Waals surface area contributed by atoms with Crippen LogP contribution in [-0.2, 0) is 4.74 Å². The van der Waals surface area contributed by atoms with Gasteiger partial charge < -0.3 is 4.74 Å². The predicted octanol–water partition coefficient (Wildman–Crippen LogP) is 2.17. The molecule has 1 heteroatoms. The van der Waals surface area contributed by atoms with Gasteiger partial charge in [-0.15, -0.1) is 0 Å². The van der Waals surface area contributed by atoms with Crippen molar-refractivity contribution in [2.75, 3.05) is 13.7 Å². The van der Waals surface area contributed by atoms with E-state index in [0.717, 1.165) is 30.3 Å². The van der Waals surface area contributed by atoms with E-state index in [0.29, 0.717) is 0 Å². The molecular weight excluding hydrogens is 124 g/mol. The second kappa shape index (κ2) is 2.91. The molecule has 0 saturated heterocycles. The molecule has 1 nitrogen and oxygen atoms in total. The van der Waals surface area contributed by atoms with E-state index < -0.39 is 0 Å². The summed E-state index contributed by atoms with van der Waals surface area (Å²) < 4.78 is 5.13. The highest BCUT2D eigenvalue weighted by Gasteiger charge is 2.41. The van der Waals surface area contributed by atoms with Crippen molar-refractivity contribution in [2.45, 2.75) is 20.8 Å². The molecule has 0 bridgehead atoms. The molecule has 1 aliphatic carbocycles. The summed E-state index contributed by atoms with van der Waals surface area (Å²) in [6, 6.07) is 0. The summed E-state index contributed by atoms with van der Waals surface area (Å²) in [5.74, 6) is 3.46. The molecule has 1 saturated carbocycles. The van der Waals surface area contributed by atoms with Crippen LogP contribution in [0.2, 0.25) is 0 Å². The maximum Gasteiger partial charge on any atom is 0.0495 e. The molecule has 0 spiro atoms. The largest absolute Gasteiger partial charge is 0.384 e. The Labute approximate surface area is 63.8 Å². The average molecular weight is 142 g/mol. The number of hydrogen-bond donors (Lipinski definition) is 0. The summed E-state index contributed by atoms with van der Waals surface area (Å²) in [4.78, 5) is 0. The van der Waals surface area contributed by atoms with Crippen molar-refractivity contribution in [1.82, 2.24) is 0 Å². The minimum absolute atomic E-state index is 0.819. The van der Waals surface area contributed by atoms with Crippen LogP contribution in [0.15, 0.2) is 0 Å². The summed E-state index contributed by atoms with van der Waals surface area (Å²) >= 11 is 0. The zero-order chi connectivity index (χ0) is 7.72. The van der Waals surface area contributed by atoms with E-state index in [-0.39, 0.29) is 0 Å². The van der Waals surface area contributed by atoms with E-state index in [1.807, 2.05) is 0 Å². The lowest BCUT2D eigenvalue weighted by molar-refractivity contribution is -0.0361. The topological polar surface area (TPSA) is 9.23 Å². The van der Waals surface area contributed by atoms with E-state index in [2.05, 4.69) is 20.8 Å². The molecule has 0 N–H and O–H groups in total. The van der Waals surface area contributed by atoms with Gasteiger partial charge in [0, 0.05) is 13.7 Å². The Morgan fingerprint density at radius 1 is 1.00 bits per heavy atom. The standard InChI is InChI=1S/C9H18O/c1-6-7(2)9(5-10-4)8(6)3/h6-9H,5H2,1-4H3/t6?,7-,8?,9?/m1/s1. The third-order valence-corrected chi connectivity index (χ3v) is 3.37. The second-order valence-corrected chi connectivity index (χ2v) is 3.70. The lowest BCUT2D eigenvalue weighted by Gasteiger charge is -2.47. The molecule has 60 valence electrons. The molecule has 3 unspecified atom stereocenters. The number of methoxy groups -OCH3 is 1. The van der Waals surface area contributed by atoms with Gasteiger partial charge in [-0.3, -0.25) is 0 Å². The third kappa shape index (κ3) is 1.07. The third-order valence-electron chi connectivity index (χ3n) is 3.37. The van der Waals surface area contributed by atoms with Crippen LogP contribution in [0.25, 0.3) is 0 Å². The first-order valence-electron chi connectivity index (χ1n) is 4.17. The normalized spacial score (nSPS) is 46.8. The van der Waals surface area contributed by atoms with Crippen LogP contribution < -0.4 is 0 Å². The molecule has 0 aromatic heterocycles. The first kappa shape index (κ1) is 8.06. The van der Waals surface area contributed by atoms with Crippen LogP contribution in [0.4, 0.5) is 0 Å². The lowest BCUT2D eigenvalue weighted by atomic mass is 9.59. The van der Waals surface area contributed by atoms with Crippen LogP contribution in [0.3, 0.4) is 0 Å². The quantitative estimate of drug-likeness (QED) is 0.574. The fourth-order valence-electron chi connectivity index (χ4n) is 2.09. The van der Waals surface area contributed by atoms with Crippen molar-refractivity contribution in [3.8, 4) is 0 Å². The molecule has 0 aromatic carbocycles. The van der Waals surface area contributed by atoms with Crippen LogP contribution in [-0.4, -0.2) is 13.7 Å². The summed E-state index contributed by atoms with van der Waals surface area (Å²) in [6.07, 6.45) is 0. The Kier molecular flexibility index (Phi) is 2.35. The Balaban J connectivity index is 2.34. The van der Waals surface area contributed by atoms with E-state index in [4.69, 9.17) is 4.74 Å². The fraction of sp³-hybridized carbons (Fsp3) is 1.00. The molecule has 1 rings (SSSR count). The average Bonchev–Trinajstić information content (AvgIpc) is 1.98. The zero-order valence-electron chi connectivity index (χ0n) is 7.42. The van der Waals surface area contributed by atoms with Crippen LogP contribution >= 0.6 is 0 Å². The maximum atomic E-state index is 5.13. The lowest BCUT2D eigenvalue weighted by Crippen LogP contribution is -2.44. The highest BCUT2D eigenvalue weighted by atomic mass is 16.5. The SMILES string of the molecule is COCC1C(C)C(C)[C@H]1C. The number of hydrogen-bond acceptors (Lipinski definition) is 1. The first-order chi connectivity index (χ1) is 4.68. The Morgan fingerprint density at radius 3 is 1.90 bits per heavy atom. The molecule has 0 heterocycles. The second-order valence-electron chi connectivity index (χ2n) is 3.70. The Bertz CT molecular complexity index is 101. The van der Waals surface area contributed by atoms with Crippen LogP contribution in [0.1, 0.15) is 20.8 Å². The van der Waals surface area contributed by atoms with Crippen LogP contribution in [0.5, 0.6) is 0 Å². The van der Waals surface area contributed by atoms with Crippen LogP contribution in [0, 0.1) is 23.7 Å². The van der Waals surface area contributed by atoms with E-state index in [9.17, 15) is 0 Å². The van der Waals surface area contributed by atoms with Crippen molar-refractivity contribution in [2.24, 2.45) is 23.7 Å². The van der Waals surface area contributed by atoms with Crippen molar-refractivity contribution in [3.63, 3.8) is 0 Å². The zero-order valence-corrected chi connectivity index (χ0v) is 7.42. The van der Waals surface area contributed by atoms with Crippen molar-refractivity contribution >= 4 is 0 Å². The maximum absolute atomic E-state index is 5.13. The van der Waals surface area contributed by atoms with Gasteiger partial charge in [0.25, 0.3) is 0 Å². The molecular formula is C9H18O. The van der Waals surface area contributed by atoms with Crippen molar-refractivity contribution in [3.05, 3.63) is 0 Å². The number of ether oxygens (including phenoxy) is 1. The van der Waals surface area contributed by atoms with E-state index >= 15 is 0 Å². The summed E-state index contributed by atoms with van der Waals surface area (Å²) in [5.41, 5.74) is 0. The molecule has 0 amide bonds. The van der Waals surface area contributed by atoms with Gasteiger partial charge in [-0.2, -0.15) is 0 Å². The van der Waals surface area contributed by atoms with Gasteiger partial charge in [-0.25, -0.2) is 0 Å². The minimum atomic E-state index is 0.819. The fourth-order valence-corrected chi connectivity index (χ4v) is 2.09. The molecule has 0 radical (unpaired) electrons. The summed E-state index contributed by atoms with van der Waals surface area (Å²) in [5, 5.41) is 0. The highest BCUT2D eigenvalue weighted by molar-refractivity contribution is 4.89. The molecule has 1 aliphatic rings. The van der Waals surface area contributed by atoms with Gasteiger partial charge in [-0.1, -0.05) is 20.8 Å². The first-order valence-corrected chi connectivity index (χ1v) is 4.17. The monoisotopic (exact) mass is 142 g/mol. The van der Waals surface area contributed by atoms with Gasteiger partial charge >= 0.3 is 0 Å². The van der Waals surface area contributed by atoms with Crippen molar-refractivity contribution in [1.29, 1.82) is 0 Å². The van der Waals surface area contributed by atoms with Crippen molar-refractivity contribution < 1.29 is 4.74 Å². The highest BCUT2D eigenvalue weighted by Crippen LogP contribution is 2.45. The minimum Gasteiger partial charge on any atom is -0.384 e.